The van der Waals surface area contributed by atoms with Crippen LogP contribution in [0.3, 0.4) is 0 Å². The Balaban J connectivity index is 1.84. The number of piperidine rings is 1. The Kier molecular flexibility index (Phi) is 3.06. The molecule has 0 saturated carbocycles. The average molecular weight is 231 g/mol. The number of hydrogen-bond acceptors (Lipinski definition) is 2. The molecule has 0 spiro atoms. The third-order valence-electron chi connectivity index (χ3n) is 4.27. The molecule has 2 nitrogen and oxygen atoms in total. The van der Waals surface area contributed by atoms with Gasteiger partial charge in [-0.25, -0.2) is 0 Å². The number of aryl methyl sites for hydroxylation is 1. The van der Waals surface area contributed by atoms with E-state index in [4.69, 9.17) is 0 Å². The highest BCUT2D eigenvalue weighted by Crippen LogP contribution is 2.33. The van der Waals surface area contributed by atoms with Crippen molar-refractivity contribution in [1.82, 2.24) is 5.32 Å². The molecule has 2 aliphatic rings. The number of aromatic hydroxyl groups is 1. The van der Waals surface area contributed by atoms with E-state index in [0.717, 1.165) is 19.5 Å². The summed E-state index contributed by atoms with van der Waals surface area (Å²) in [7, 11) is 0. The molecular weight excluding hydrogens is 210 g/mol. The van der Waals surface area contributed by atoms with Crippen molar-refractivity contribution in [2.24, 2.45) is 5.92 Å². The zero-order valence-corrected chi connectivity index (χ0v) is 10.3. The highest BCUT2D eigenvalue weighted by atomic mass is 16.3. The summed E-state index contributed by atoms with van der Waals surface area (Å²) in [5, 5.41) is 13.5. The Hall–Kier alpha value is -1.02. The van der Waals surface area contributed by atoms with Crippen molar-refractivity contribution < 1.29 is 5.11 Å². The first-order valence-corrected chi connectivity index (χ1v) is 6.88. The van der Waals surface area contributed by atoms with Crippen LogP contribution < -0.4 is 5.32 Å². The van der Waals surface area contributed by atoms with Crippen LogP contribution in [0.25, 0.3) is 0 Å². The van der Waals surface area contributed by atoms with E-state index in [9.17, 15) is 5.11 Å². The third-order valence-corrected chi connectivity index (χ3v) is 4.27. The fourth-order valence-corrected chi connectivity index (χ4v) is 3.35. The molecule has 2 heteroatoms. The minimum Gasteiger partial charge on any atom is -0.508 e. The number of rotatable bonds is 2. The van der Waals surface area contributed by atoms with Crippen LogP contribution in [0.1, 0.15) is 36.0 Å². The van der Waals surface area contributed by atoms with Gasteiger partial charge in [-0.05, 0) is 80.3 Å². The van der Waals surface area contributed by atoms with Crippen molar-refractivity contribution >= 4 is 0 Å². The largest absolute Gasteiger partial charge is 0.508 e. The molecule has 0 amide bonds. The van der Waals surface area contributed by atoms with E-state index in [1.165, 1.54) is 48.8 Å². The molecule has 1 unspecified atom stereocenters. The van der Waals surface area contributed by atoms with E-state index in [2.05, 4.69) is 11.4 Å². The lowest BCUT2D eigenvalue weighted by molar-refractivity contribution is 0.369. The van der Waals surface area contributed by atoms with Crippen molar-refractivity contribution in [1.29, 1.82) is 0 Å². The van der Waals surface area contributed by atoms with Crippen LogP contribution in [0.4, 0.5) is 0 Å². The van der Waals surface area contributed by atoms with Crippen LogP contribution in [0.15, 0.2) is 12.1 Å². The molecule has 1 atom stereocenters. The fourth-order valence-electron chi connectivity index (χ4n) is 3.35. The maximum absolute atomic E-state index is 10.1. The molecule has 1 aromatic carbocycles. The van der Waals surface area contributed by atoms with E-state index in [1.807, 2.05) is 6.07 Å². The summed E-state index contributed by atoms with van der Waals surface area (Å²) >= 11 is 0. The number of nitrogens with one attached hydrogen (secondary N) is 1. The van der Waals surface area contributed by atoms with Gasteiger partial charge in [-0.15, -0.1) is 0 Å². The first-order chi connectivity index (χ1) is 8.34. The lowest BCUT2D eigenvalue weighted by Crippen LogP contribution is -2.31. The maximum atomic E-state index is 10.1. The second kappa shape index (κ2) is 4.69. The van der Waals surface area contributed by atoms with Crippen LogP contribution in [-0.2, 0) is 19.3 Å². The summed E-state index contributed by atoms with van der Waals surface area (Å²) in [4.78, 5) is 0. The van der Waals surface area contributed by atoms with Gasteiger partial charge in [0.1, 0.15) is 5.75 Å². The molecule has 3 rings (SSSR count). The Morgan fingerprint density at radius 1 is 1.24 bits per heavy atom. The molecule has 1 aliphatic heterocycles. The zero-order valence-electron chi connectivity index (χ0n) is 10.3. The second-order valence-electron chi connectivity index (χ2n) is 5.47. The van der Waals surface area contributed by atoms with Gasteiger partial charge in [0.2, 0.25) is 0 Å². The Labute approximate surface area is 103 Å². The SMILES string of the molecule is Oc1ccc2c(c1CC1CCCNC1)CCC2. The molecule has 1 heterocycles. The van der Waals surface area contributed by atoms with Crippen LogP contribution in [-0.4, -0.2) is 18.2 Å². The lowest BCUT2D eigenvalue weighted by atomic mass is 9.88. The summed E-state index contributed by atoms with van der Waals surface area (Å²) in [5.74, 6) is 1.23. The first-order valence-electron chi connectivity index (χ1n) is 6.88. The van der Waals surface area contributed by atoms with Gasteiger partial charge in [0.15, 0.2) is 0 Å². The number of phenols is 1. The summed E-state index contributed by atoms with van der Waals surface area (Å²) in [6.07, 6.45) is 7.26. The number of hydrogen-bond donors (Lipinski definition) is 2. The van der Waals surface area contributed by atoms with Gasteiger partial charge in [-0.3, -0.25) is 0 Å². The molecule has 1 saturated heterocycles. The highest BCUT2D eigenvalue weighted by Gasteiger charge is 2.21. The predicted octanol–water partition coefficient (Wildman–Crippen LogP) is 2.42. The van der Waals surface area contributed by atoms with E-state index >= 15 is 0 Å². The van der Waals surface area contributed by atoms with Gasteiger partial charge in [-0.2, -0.15) is 0 Å². The molecule has 92 valence electrons. The summed E-state index contributed by atoms with van der Waals surface area (Å²) in [6, 6.07) is 4.01. The summed E-state index contributed by atoms with van der Waals surface area (Å²) in [5.41, 5.74) is 4.17. The Bertz CT molecular complexity index is 408. The van der Waals surface area contributed by atoms with Crippen LogP contribution >= 0.6 is 0 Å². The van der Waals surface area contributed by atoms with Gasteiger partial charge in [0.25, 0.3) is 0 Å². The van der Waals surface area contributed by atoms with E-state index in [-0.39, 0.29) is 0 Å². The second-order valence-corrected chi connectivity index (χ2v) is 5.47. The normalized spacial score (nSPS) is 23.6. The molecule has 1 aliphatic carbocycles. The minimum absolute atomic E-state index is 0.524. The Morgan fingerprint density at radius 2 is 2.18 bits per heavy atom. The van der Waals surface area contributed by atoms with Gasteiger partial charge < -0.3 is 10.4 Å². The number of fused-ring (bicyclic) bond motifs is 1. The van der Waals surface area contributed by atoms with Crippen molar-refractivity contribution in [2.75, 3.05) is 13.1 Å². The Morgan fingerprint density at radius 3 is 3.00 bits per heavy atom. The molecule has 1 aromatic rings. The summed E-state index contributed by atoms with van der Waals surface area (Å²) in [6.45, 7) is 2.28. The third kappa shape index (κ3) is 2.19. The predicted molar refractivity (Wildman–Crippen MR) is 69.4 cm³/mol. The first kappa shape index (κ1) is 11.1. The molecule has 17 heavy (non-hydrogen) atoms. The fraction of sp³-hybridized carbons (Fsp3) is 0.600. The van der Waals surface area contributed by atoms with E-state index < -0.39 is 0 Å². The van der Waals surface area contributed by atoms with Gasteiger partial charge in [-0.1, -0.05) is 6.07 Å². The molecule has 0 bridgehead atoms. The van der Waals surface area contributed by atoms with Crippen molar-refractivity contribution in [2.45, 2.75) is 38.5 Å². The van der Waals surface area contributed by atoms with Gasteiger partial charge in [0, 0.05) is 0 Å². The van der Waals surface area contributed by atoms with E-state index in [1.54, 1.807) is 0 Å². The van der Waals surface area contributed by atoms with Crippen LogP contribution in [0.2, 0.25) is 0 Å². The van der Waals surface area contributed by atoms with Crippen molar-refractivity contribution in [3.05, 3.63) is 28.8 Å². The monoisotopic (exact) mass is 231 g/mol. The minimum atomic E-state index is 0.524. The number of benzene rings is 1. The molecule has 1 fully saturated rings. The average Bonchev–Trinajstić information content (AvgIpc) is 2.83. The van der Waals surface area contributed by atoms with Crippen molar-refractivity contribution in [3.63, 3.8) is 0 Å². The molecular formula is C15H21NO. The van der Waals surface area contributed by atoms with Crippen molar-refractivity contribution in [3.8, 4) is 5.75 Å². The van der Waals surface area contributed by atoms with Gasteiger partial charge in [0.05, 0.1) is 0 Å². The molecule has 0 radical (unpaired) electrons. The lowest BCUT2D eigenvalue weighted by Gasteiger charge is -2.24. The summed E-state index contributed by atoms with van der Waals surface area (Å²) < 4.78 is 0. The van der Waals surface area contributed by atoms with Crippen LogP contribution in [0.5, 0.6) is 5.75 Å². The maximum Gasteiger partial charge on any atom is 0.119 e. The van der Waals surface area contributed by atoms with Crippen LogP contribution in [0, 0.1) is 5.92 Å². The van der Waals surface area contributed by atoms with E-state index in [0.29, 0.717) is 11.7 Å². The number of phenolic OH excluding ortho intramolecular Hbond substituents is 1. The molecule has 0 aromatic heterocycles. The zero-order chi connectivity index (χ0) is 11.7. The molecule has 2 N–H and O–H groups in total. The smallest absolute Gasteiger partial charge is 0.119 e. The quantitative estimate of drug-likeness (QED) is 0.819. The topological polar surface area (TPSA) is 32.3 Å². The standard InChI is InChI=1S/C15H21NO/c17-15-7-6-12-4-1-5-13(12)14(15)9-11-3-2-8-16-10-11/h6-7,11,16-17H,1-5,8-10H2. The van der Waals surface area contributed by atoms with Gasteiger partial charge >= 0.3 is 0 Å². The highest BCUT2D eigenvalue weighted by molar-refractivity contribution is 5.46.